The predicted molar refractivity (Wildman–Crippen MR) is 24.0 cm³/mol. The maximum absolute atomic E-state index is 11.1. The molecule has 0 saturated heterocycles. The van der Waals surface area contributed by atoms with Crippen molar-refractivity contribution in [2.45, 2.75) is 12.8 Å². The maximum atomic E-state index is 11.1. The third-order valence-corrected chi connectivity index (χ3v) is 0.455. The third-order valence-electron chi connectivity index (χ3n) is 0.455. The van der Waals surface area contributed by atoms with Crippen molar-refractivity contribution < 1.29 is 4.39 Å². The van der Waals surface area contributed by atoms with Crippen LogP contribution in [0.3, 0.4) is 0 Å². The van der Waals surface area contributed by atoms with Gasteiger partial charge in [-0.15, -0.1) is 12.3 Å². The molecule has 6 heavy (non-hydrogen) atoms. The van der Waals surface area contributed by atoms with E-state index in [4.69, 9.17) is 6.42 Å². The SMILES string of the molecule is C#CCCC[18F]. The fourth-order valence-corrected chi connectivity index (χ4v) is 0.169. The van der Waals surface area contributed by atoms with Crippen LogP contribution in [0, 0.1) is 12.3 Å². The average Bonchev–Trinajstić information content (AvgIpc) is 1.61. The highest BCUT2D eigenvalue weighted by Gasteiger charge is 1.74. The van der Waals surface area contributed by atoms with E-state index in [-0.39, 0.29) is 6.67 Å². The van der Waals surface area contributed by atoms with Crippen LogP contribution in [0.1, 0.15) is 12.8 Å². The fourth-order valence-electron chi connectivity index (χ4n) is 0.169. The average molecular weight is 85.1 g/mol. The summed E-state index contributed by atoms with van der Waals surface area (Å²) in [5.41, 5.74) is 0. The summed E-state index contributed by atoms with van der Waals surface area (Å²) in [5, 5.41) is 0. The third kappa shape index (κ3) is 3.49. The van der Waals surface area contributed by atoms with Gasteiger partial charge in [0.2, 0.25) is 0 Å². The first-order valence-electron chi connectivity index (χ1n) is 1.91. The Bertz CT molecular complexity index is 51.4. The zero-order valence-electron chi connectivity index (χ0n) is 3.58. The summed E-state index contributed by atoms with van der Waals surface area (Å²) in [7, 11) is 0. The van der Waals surface area contributed by atoms with Crippen molar-refractivity contribution in [3.8, 4) is 12.3 Å². The lowest BCUT2D eigenvalue weighted by Gasteiger charge is -1.77. The molecule has 0 bridgehead atoms. The van der Waals surface area contributed by atoms with Crippen molar-refractivity contribution in [1.82, 2.24) is 0 Å². The molecule has 0 aliphatic heterocycles. The molecular weight excluding hydrogens is 78.1 g/mol. The van der Waals surface area contributed by atoms with Gasteiger partial charge in [0.15, 0.2) is 0 Å². The lowest BCUT2D eigenvalue weighted by atomic mass is 10.3. The Hall–Kier alpha value is -0.510. The first kappa shape index (κ1) is 5.49. The second-order valence-corrected chi connectivity index (χ2v) is 0.997. The molecule has 0 spiro atoms. The van der Waals surface area contributed by atoms with E-state index in [2.05, 4.69) is 5.92 Å². The minimum absolute atomic E-state index is 0.288. The Kier molecular flexibility index (Phi) is 4.11. The number of halogens is 1. The first-order valence-corrected chi connectivity index (χ1v) is 1.91. The van der Waals surface area contributed by atoms with Crippen LogP contribution in [0.4, 0.5) is 4.39 Å². The fraction of sp³-hybridized carbons (Fsp3) is 0.600. The molecule has 0 aromatic rings. The molecule has 0 nitrogen and oxygen atoms in total. The van der Waals surface area contributed by atoms with Gasteiger partial charge in [0.25, 0.3) is 0 Å². The Morgan fingerprint density at radius 1 is 1.67 bits per heavy atom. The first-order chi connectivity index (χ1) is 2.91. The molecule has 0 fully saturated rings. The number of alkyl halides is 1. The number of unbranched alkanes of at least 4 members (excludes halogenated alkanes) is 1. The van der Waals surface area contributed by atoms with Crippen LogP contribution in [0.15, 0.2) is 0 Å². The molecule has 0 radical (unpaired) electrons. The standard InChI is InChI=1S/C5H7F/c1-2-3-4-5-6/h1H,3-5H2/i6-1. The van der Waals surface area contributed by atoms with Crippen molar-refractivity contribution in [2.75, 3.05) is 6.67 Å². The van der Waals surface area contributed by atoms with Crippen molar-refractivity contribution in [3.05, 3.63) is 0 Å². The van der Waals surface area contributed by atoms with E-state index in [1.54, 1.807) is 0 Å². The Morgan fingerprint density at radius 3 is 2.50 bits per heavy atom. The van der Waals surface area contributed by atoms with E-state index in [0.29, 0.717) is 12.8 Å². The highest BCUT2D eigenvalue weighted by atomic mass is 18.2. The van der Waals surface area contributed by atoms with Crippen LogP contribution in [-0.2, 0) is 0 Å². The molecule has 0 aromatic heterocycles. The molecular formula is C5H7F. The van der Waals surface area contributed by atoms with Crippen LogP contribution in [0.25, 0.3) is 0 Å². The summed E-state index contributed by atoms with van der Waals surface area (Å²) in [6.45, 7) is -0.288. The van der Waals surface area contributed by atoms with Crippen molar-refractivity contribution in [3.63, 3.8) is 0 Å². The lowest BCUT2D eigenvalue weighted by molar-refractivity contribution is 0.477. The van der Waals surface area contributed by atoms with Gasteiger partial charge in [0.05, 0.1) is 6.67 Å². The number of rotatable bonds is 2. The maximum Gasteiger partial charge on any atom is 0.0903 e. The van der Waals surface area contributed by atoms with Gasteiger partial charge in [-0.25, -0.2) is 0 Å². The molecule has 0 heterocycles. The summed E-state index contributed by atoms with van der Waals surface area (Å²) in [6.07, 6.45) is 5.87. The van der Waals surface area contributed by atoms with Gasteiger partial charge in [-0.1, -0.05) is 0 Å². The zero-order chi connectivity index (χ0) is 4.83. The molecule has 0 N–H and O–H groups in total. The molecule has 0 aliphatic rings. The molecule has 0 atom stereocenters. The lowest BCUT2D eigenvalue weighted by Crippen LogP contribution is -1.69. The van der Waals surface area contributed by atoms with Gasteiger partial charge in [-0.2, -0.15) is 0 Å². The molecule has 0 aliphatic carbocycles. The highest BCUT2D eigenvalue weighted by molar-refractivity contribution is 4.82. The summed E-state index contributed by atoms with van der Waals surface area (Å²) in [5.74, 6) is 2.33. The zero-order valence-corrected chi connectivity index (χ0v) is 3.58. The van der Waals surface area contributed by atoms with E-state index in [1.165, 1.54) is 0 Å². The van der Waals surface area contributed by atoms with Crippen molar-refractivity contribution in [1.29, 1.82) is 0 Å². The van der Waals surface area contributed by atoms with Gasteiger partial charge >= 0.3 is 0 Å². The molecule has 0 unspecified atom stereocenters. The van der Waals surface area contributed by atoms with Gasteiger partial charge in [-0.05, 0) is 6.42 Å². The van der Waals surface area contributed by atoms with E-state index in [0.717, 1.165) is 0 Å². The summed E-state index contributed by atoms with van der Waals surface area (Å²) >= 11 is 0. The highest BCUT2D eigenvalue weighted by Crippen LogP contribution is 1.83. The monoisotopic (exact) mass is 85.1 g/mol. The Morgan fingerprint density at radius 2 is 2.33 bits per heavy atom. The second kappa shape index (κ2) is 4.49. The molecule has 1 heteroatoms. The van der Waals surface area contributed by atoms with Crippen LogP contribution >= 0.6 is 0 Å². The molecule has 0 aromatic carbocycles. The van der Waals surface area contributed by atoms with Crippen LogP contribution < -0.4 is 0 Å². The van der Waals surface area contributed by atoms with Gasteiger partial charge in [-0.3, -0.25) is 4.39 Å². The molecule has 0 saturated carbocycles. The summed E-state index contributed by atoms with van der Waals surface area (Å²) in [6, 6.07) is 0. The predicted octanol–water partition coefficient (Wildman–Crippen LogP) is 1.37. The van der Waals surface area contributed by atoms with Crippen LogP contribution in [-0.4, -0.2) is 6.67 Å². The van der Waals surface area contributed by atoms with Gasteiger partial charge < -0.3 is 0 Å². The van der Waals surface area contributed by atoms with E-state index in [9.17, 15) is 4.39 Å². The summed E-state index contributed by atoms with van der Waals surface area (Å²) < 4.78 is 11.1. The molecule has 0 rings (SSSR count). The van der Waals surface area contributed by atoms with Gasteiger partial charge in [0, 0.05) is 6.42 Å². The van der Waals surface area contributed by atoms with E-state index >= 15 is 0 Å². The second-order valence-electron chi connectivity index (χ2n) is 0.997. The van der Waals surface area contributed by atoms with Crippen molar-refractivity contribution >= 4 is 0 Å². The minimum atomic E-state index is -0.288. The van der Waals surface area contributed by atoms with Gasteiger partial charge in [0.1, 0.15) is 0 Å². The van der Waals surface area contributed by atoms with E-state index in [1.807, 2.05) is 0 Å². The Labute approximate surface area is 37.4 Å². The topological polar surface area (TPSA) is 0 Å². The van der Waals surface area contributed by atoms with Crippen molar-refractivity contribution in [2.24, 2.45) is 0 Å². The number of hydrogen-bond donors (Lipinski definition) is 0. The molecule has 34 valence electrons. The number of terminal acetylenes is 1. The largest absolute Gasteiger partial charge is 0.251 e. The number of hydrogen-bond acceptors (Lipinski definition) is 0. The molecule has 0 amide bonds. The van der Waals surface area contributed by atoms with Crippen LogP contribution in [0.2, 0.25) is 0 Å². The van der Waals surface area contributed by atoms with Crippen LogP contribution in [0.5, 0.6) is 0 Å². The smallest absolute Gasteiger partial charge is 0.0903 e. The quantitative estimate of drug-likeness (QED) is 0.351. The Balaban J connectivity index is 2.54. The normalized spacial score (nSPS) is 7.33. The minimum Gasteiger partial charge on any atom is -0.251 e. The summed E-state index contributed by atoms with van der Waals surface area (Å²) in [4.78, 5) is 0. The van der Waals surface area contributed by atoms with E-state index < -0.39 is 0 Å².